The highest BCUT2D eigenvalue weighted by Crippen LogP contribution is 2.24. The first-order valence-corrected chi connectivity index (χ1v) is 9.76. The van der Waals surface area contributed by atoms with Crippen LogP contribution in [0.3, 0.4) is 0 Å². The maximum absolute atomic E-state index is 6.13. The summed E-state index contributed by atoms with van der Waals surface area (Å²) in [6.45, 7) is 5.60. The Morgan fingerprint density at radius 3 is 2.54 bits per heavy atom. The van der Waals surface area contributed by atoms with Crippen molar-refractivity contribution < 1.29 is 4.74 Å². The van der Waals surface area contributed by atoms with Gasteiger partial charge in [-0.1, -0.05) is 36.4 Å². The molecular weight excluding hydrogens is 340 g/mol. The first kappa shape index (κ1) is 16.9. The smallest absolute Gasteiger partial charge is 0.125 e. The average molecular weight is 362 g/mol. The van der Waals surface area contributed by atoms with Crippen molar-refractivity contribution in [3.05, 3.63) is 81.8 Å². The largest absolute Gasteiger partial charge is 0.491 e. The van der Waals surface area contributed by atoms with Crippen LogP contribution in [0.1, 0.15) is 21.8 Å². The highest BCUT2D eigenvalue weighted by molar-refractivity contribution is 7.09. The van der Waals surface area contributed by atoms with Crippen LogP contribution in [0, 0.1) is 13.8 Å². The summed E-state index contributed by atoms with van der Waals surface area (Å²) < 4.78 is 8.43. The minimum Gasteiger partial charge on any atom is -0.491 e. The van der Waals surface area contributed by atoms with Crippen LogP contribution in [0.25, 0.3) is 11.0 Å². The van der Waals surface area contributed by atoms with E-state index in [9.17, 15) is 0 Å². The number of aromatic nitrogens is 2. The Morgan fingerprint density at radius 1 is 0.962 bits per heavy atom. The van der Waals surface area contributed by atoms with Gasteiger partial charge in [-0.25, -0.2) is 4.98 Å². The van der Waals surface area contributed by atoms with Crippen LogP contribution < -0.4 is 4.74 Å². The number of para-hydroxylation sites is 3. The van der Waals surface area contributed by atoms with Crippen molar-refractivity contribution in [3.8, 4) is 5.75 Å². The third-order valence-corrected chi connectivity index (χ3v) is 5.49. The molecule has 4 aromatic rings. The molecule has 0 atom stereocenters. The molecule has 0 unspecified atom stereocenters. The van der Waals surface area contributed by atoms with Gasteiger partial charge in [0.1, 0.15) is 18.2 Å². The Labute approximate surface area is 157 Å². The number of thiophene rings is 1. The molecule has 0 aliphatic carbocycles. The van der Waals surface area contributed by atoms with Gasteiger partial charge < -0.3 is 9.30 Å². The van der Waals surface area contributed by atoms with Crippen LogP contribution >= 0.6 is 11.3 Å². The SMILES string of the molecule is Cc1cccc(C)c1OCCn1c(Cc2cccs2)nc2ccccc21. The highest BCUT2D eigenvalue weighted by atomic mass is 32.1. The van der Waals surface area contributed by atoms with Crippen LogP contribution in [0.2, 0.25) is 0 Å². The van der Waals surface area contributed by atoms with Crippen LogP contribution in [-0.2, 0) is 13.0 Å². The van der Waals surface area contributed by atoms with E-state index in [0.29, 0.717) is 6.61 Å². The van der Waals surface area contributed by atoms with Gasteiger partial charge in [0.05, 0.1) is 17.6 Å². The fourth-order valence-corrected chi connectivity index (χ4v) is 4.05. The summed E-state index contributed by atoms with van der Waals surface area (Å²) in [5.41, 5.74) is 4.58. The van der Waals surface area contributed by atoms with E-state index in [1.807, 2.05) is 6.07 Å². The zero-order chi connectivity index (χ0) is 17.9. The molecule has 0 bridgehead atoms. The molecule has 0 saturated heterocycles. The summed E-state index contributed by atoms with van der Waals surface area (Å²) in [6, 6.07) is 18.9. The van der Waals surface area contributed by atoms with Gasteiger partial charge in [-0.3, -0.25) is 0 Å². The molecule has 0 saturated carbocycles. The van der Waals surface area contributed by atoms with Gasteiger partial charge in [0.2, 0.25) is 0 Å². The summed E-state index contributed by atoms with van der Waals surface area (Å²) in [7, 11) is 0. The first-order valence-electron chi connectivity index (χ1n) is 8.88. The summed E-state index contributed by atoms with van der Waals surface area (Å²) in [6.07, 6.45) is 0.857. The lowest BCUT2D eigenvalue weighted by molar-refractivity contribution is 0.295. The minimum atomic E-state index is 0.628. The predicted molar refractivity (Wildman–Crippen MR) is 108 cm³/mol. The molecule has 26 heavy (non-hydrogen) atoms. The Morgan fingerprint density at radius 2 is 1.77 bits per heavy atom. The fourth-order valence-electron chi connectivity index (χ4n) is 3.34. The molecule has 0 radical (unpaired) electrons. The van der Waals surface area contributed by atoms with E-state index in [1.54, 1.807) is 11.3 Å². The van der Waals surface area contributed by atoms with E-state index in [0.717, 1.165) is 30.1 Å². The predicted octanol–water partition coefficient (Wildman–Crippen LogP) is 5.38. The number of imidazole rings is 1. The number of benzene rings is 2. The number of hydrogen-bond acceptors (Lipinski definition) is 3. The Hall–Kier alpha value is -2.59. The fraction of sp³-hybridized carbons (Fsp3) is 0.227. The van der Waals surface area contributed by atoms with Crippen molar-refractivity contribution in [2.45, 2.75) is 26.8 Å². The molecule has 2 aromatic carbocycles. The molecule has 2 aromatic heterocycles. The van der Waals surface area contributed by atoms with Crippen LogP contribution in [-0.4, -0.2) is 16.2 Å². The van der Waals surface area contributed by atoms with Crippen molar-refractivity contribution in [2.75, 3.05) is 6.61 Å². The molecule has 0 aliphatic rings. The van der Waals surface area contributed by atoms with E-state index < -0.39 is 0 Å². The number of fused-ring (bicyclic) bond motifs is 1. The van der Waals surface area contributed by atoms with Crippen molar-refractivity contribution in [1.82, 2.24) is 9.55 Å². The van der Waals surface area contributed by atoms with Gasteiger partial charge in [-0.2, -0.15) is 0 Å². The molecule has 2 heterocycles. The van der Waals surface area contributed by atoms with Gasteiger partial charge in [-0.15, -0.1) is 11.3 Å². The second-order valence-electron chi connectivity index (χ2n) is 6.49. The standard InChI is InChI=1S/C22H22N2OS/c1-16-7-5-8-17(2)22(16)25-13-12-24-20-11-4-3-10-19(20)23-21(24)15-18-9-6-14-26-18/h3-11,14H,12-13,15H2,1-2H3. The molecule has 0 fully saturated rings. The topological polar surface area (TPSA) is 27.1 Å². The summed E-state index contributed by atoms with van der Waals surface area (Å²) >= 11 is 1.78. The molecule has 132 valence electrons. The number of nitrogens with zero attached hydrogens (tertiary/aromatic N) is 2. The molecule has 0 amide bonds. The van der Waals surface area contributed by atoms with E-state index in [2.05, 4.69) is 72.3 Å². The monoisotopic (exact) mass is 362 g/mol. The summed E-state index contributed by atoms with van der Waals surface area (Å²) in [5.74, 6) is 2.09. The maximum Gasteiger partial charge on any atom is 0.125 e. The second kappa shape index (κ2) is 7.34. The Balaban J connectivity index is 1.58. The number of hydrogen-bond donors (Lipinski definition) is 0. The van der Waals surface area contributed by atoms with Crippen LogP contribution in [0.15, 0.2) is 60.0 Å². The second-order valence-corrected chi connectivity index (χ2v) is 7.53. The number of rotatable bonds is 6. The third kappa shape index (κ3) is 3.37. The lowest BCUT2D eigenvalue weighted by atomic mass is 10.1. The van der Waals surface area contributed by atoms with Gasteiger partial charge in [0.25, 0.3) is 0 Å². The molecular formula is C22H22N2OS. The molecule has 0 N–H and O–H groups in total. The van der Waals surface area contributed by atoms with E-state index in [4.69, 9.17) is 9.72 Å². The lowest BCUT2D eigenvalue weighted by Gasteiger charge is -2.14. The summed E-state index contributed by atoms with van der Waals surface area (Å²) in [4.78, 5) is 6.19. The molecule has 0 aliphatic heterocycles. The molecule has 3 nitrogen and oxygen atoms in total. The van der Waals surface area contributed by atoms with Gasteiger partial charge in [0, 0.05) is 11.3 Å². The third-order valence-electron chi connectivity index (χ3n) is 4.62. The molecule has 4 rings (SSSR count). The van der Waals surface area contributed by atoms with E-state index in [-0.39, 0.29) is 0 Å². The Kier molecular flexibility index (Phi) is 4.76. The van der Waals surface area contributed by atoms with Crippen LogP contribution in [0.5, 0.6) is 5.75 Å². The highest BCUT2D eigenvalue weighted by Gasteiger charge is 2.12. The van der Waals surface area contributed by atoms with Gasteiger partial charge >= 0.3 is 0 Å². The normalized spacial score (nSPS) is 11.2. The lowest BCUT2D eigenvalue weighted by Crippen LogP contribution is -2.12. The molecule has 0 spiro atoms. The maximum atomic E-state index is 6.13. The average Bonchev–Trinajstić information content (AvgIpc) is 3.26. The molecule has 4 heteroatoms. The minimum absolute atomic E-state index is 0.628. The van der Waals surface area contributed by atoms with Crippen molar-refractivity contribution in [3.63, 3.8) is 0 Å². The van der Waals surface area contributed by atoms with Crippen molar-refractivity contribution in [1.29, 1.82) is 0 Å². The zero-order valence-corrected chi connectivity index (χ0v) is 15.9. The number of aryl methyl sites for hydroxylation is 2. The Bertz CT molecular complexity index is 998. The van der Waals surface area contributed by atoms with Crippen molar-refractivity contribution >= 4 is 22.4 Å². The quantitative estimate of drug-likeness (QED) is 0.460. The van der Waals surface area contributed by atoms with Gasteiger partial charge in [0.15, 0.2) is 0 Å². The van der Waals surface area contributed by atoms with Crippen LogP contribution in [0.4, 0.5) is 0 Å². The first-order chi connectivity index (χ1) is 12.7. The van der Waals surface area contributed by atoms with E-state index in [1.165, 1.54) is 21.5 Å². The van der Waals surface area contributed by atoms with Crippen molar-refractivity contribution in [2.24, 2.45) is 0 Å². The van der Waals surface area contributed by atoms with E-state index >= 15 is 0 Å². The summed E-state index contributed by atoms with van der Waals surface area (Å²) in [5, 5.41) is 2.12. The number of ether oxygens (including phenoxy) is 1. The van der Waals surface area contributed by atoms with Gasteiger partial charge in [-0.05, 0) is 48.6 Å². The zero-order valence-electron chi connectivity index (χ0n) is 15.1.